The molecule has 0 unspecified atom stereocenters. The van der Waals surface area contributed by atoms with Crippen molar-refractivity contribution >= 4 is 40.9 Å². The number of carboxylic acid groups (broad SMARTS) is 1. The molecular weight excluding hydrogens is 440 g/mol. The number of fused-ring (bicyclic) bond motifs is 1. The number of carboxylic acids is 1. The summed E-state index contributed by atoms with van der Waals surface area (Å²) in [6, 6.07) is 12.7. The maximum atomic E-state index is 12.7. The van der Waals surface area contributed by atoms with Crippen molar-refractivity contribution in [1.82, 2.24) is 4.90 Å². The summed E-state index contributed by atoms with van der Waals surface area (Å²) in [5.41, 5.74) is 0.528. The van der Waals surface area contributed by atoms with Crippen LogP contribution < -0.4 is 4.74 Å². The number of thiophene rings is 1. The Morgan fingerprint density at radius 3 is 2.71 bits per heavy atom. The Morgan fingerprint density at radius 1 is 1.29 bits per heavy atom. The van der Waals surface area contributed by atoms with Crippen molar-refractivity contribution in [3.63, 3.8) is 0 Å². The van der Waals surface area contributed by atoms with Gasteiger partial charge in [0.1, 0.15) is 28.3 Å². The average molecular weight is 457 g/mol. The topological polar surface area (TPSA) is 117 Å². The second kappa shape index (κ2) is 8.45. The lowest BCUT2D eigenvalue weighted by Crippen LogP contribution is -2.61. The number of hydrogen-bond acceptors (Lipinski definition) is 8. The van der Waals surface area contributed by atoms with Gasteiger partial charge in [-0.15, -0.1) is 11.3 Å². The van der Waals surface area contributed by atoms with E-state index in [0.717, 1.165) is 22.2 Å². The summed E-state index contributed by atoms with van der Waals surface area (Å²) in [5.74, 6) is -2.67. The third kappa shape index (κ3) is 3.89. The quantitative estimate of drug-likeness (QED) is 0.499. The SMILES string of the molecule is C[C@@H](OC(=O)Cc1ccccc1)[C@H]1C(=O)N2C(C(=O)O)=C(Oc3ccsc3C#N)S[C@H]12. The fourth-order valence-electron chi connectivity index (χ4n) is 3.45. The van der Waals surface area contributed by atoms with E-state index in [4.69, 9.17) is 14.7 Å². The number of benzene rings is 1. The van der Waals surface area contributed by atoms with Gasteiger partial charge in [0.05, 0.1) is 6.42 Å². The molecule has 1 saturated heterocycles. The van der Waals surface area contributed by atoms with E-state index in [-0.39, 0.29) is 23.0 Å². The van der Waals surface area contributed by atoms with Crippen LogP contribution in [0.5, 0.6) is 5.75 Å². The van der Waals surface area contributed by atoms with Crippen LogP contribution in [-0.4, -0.2) is 39.3 Å². The standard InChI is InChI=1S/C21H16N2O6S2/c1-11(28-15(24)9-12-5-3-2-4-6-12)16-18(25)23-17(20(26)27)21(31-19(16)23)29-13-7-8-30-14(13)10-22/h2-8,11,16,19H,9H2,1H3,(H,26,27)/t11-,16+,19-/m1/s1. The van der Waals surface area contributed by atoms with Gasteiger partial charge in [-0.2, -0.15) is 5.26 Å². The minimum atomic E-state index is -1.31. The molecule has 1 amide bonds. The van der Waals surface area contributed by atoms with Gasteiger partial charge >= 0.3 is 11.9 Å². The smallest absolute Gasteiger partial charge is 0.357 e. The van der Waals surface area contributed by atoms with E-state index in [2.05, 4.69) is 0 Å². The van der Waals surface area contributed by atoms with Crippen LogP contribution in [0.2, 0.25) is 0 Å². The van der Waals surface area contributed by atoms with Crippen LogP contribution in [0.4, 0.5) is 0 Å². The van der Waals surface area contributed by atoms with E-state index < -0.39 is 35.2 Å². The molecule has 3 atom stereocenters. The highest BCUT2D eigenvalue weighted by atomic mass is 32.2. The first-order chi connectivity index (χ1) is 14.9. The lowest BCUT2D eigenvalue weighted by Gasteiger charge is -2.43. The van der Waals surface area contributed by atoms with Crippen molar-refractivity contribution in [3.8, 4) is 11.8 Å². The fraction of sp³-hybridized carbons (Fsp3) is 0.238. The number of β-lactam (4-membered cyclic amide) rings is 1. The molecule has 0 saturated carbocycles. The minimum Gasteiger partial charge on any atom is -0.476 e. The zero-order chi connectivity index (χ0) is 22.1. The van der Waals surface area contributed by atoms with Gasteiger partial charge < -0.3 is 14.6 Å². The van der Waals surface area contributed by atoms with Crippen molar-refractivity contribution in [1.29, 1.82) is 5.26 Å². The molecule has 3 heterocycles. The second-order valence-corrected chi connectivity index (χ2v) is 8.87. The molecule has 158 valence electrons. The van der Waals surface area contributed by atoms with E-state index in [1.165, 1.54) is 11.3 Å². The highest BCUT2D eigenvalue weighted by molar-refractivity contribution is 8.03. The Labute approximate surface area is 185 Å². The number of carbonyl (C=O) groups excluding carboxylic acids is 2. The normalized spacial score (nSPS) is 20.5. The van der Waals surface area contributed by atoms with Gasteiger partial charge in [-0.1, -0.05) is 42.1 Å². The van der Waals surface area contributed by atoms with E-state index >= 15 is 0 Å². The van der Waals surface area contributed by atoms with Crippen LogP contribution in [0.15, 0.2) is 52.6 Å². The molecule has 2 aliphatic rings. The van der Waals surface area contributed by atoms with Crippen molar-refractivity contribution in [3.05, 3.63) is 63.0 Å². The Morgan fingerprint density at radius 2 is 2.03 bits per heavy atom. The van der Waals surface area contributed by atoms with Crippen molar-refractivity contribution < 1.29 is 29.0 Å². The number of amides is 1. The number of rotatable bonds is 7. The molecular formula is C21H16N2O6S2. The molecule has 0 spiro atoms. The molecule has 4 rings (SSSR count). The lowest BCUT2D eigenvalue weighted by atomic mass is 9.92. The molecule has 8 nitrogen and oxygen atoms in total. The zero-order valence-corrected chi connectivity index (χ0v) is 17.8. The third-order valence-electron chi connectivity index (χ3n) is 4.90. The summed E-state index contributed by atoms with van der Waals surface area (Å²) in [6.07, 6.45) is -0.655. The van der Waals surface area contributed by atoms with E-state index in [9.17, 15) is 19.5 Å². The van der Waals surface area contributed by atoms with E-state index in [1.807, 2.05) is 36.4 Å². The number of esters is 1. The van der Waals surface area contributed by atoms with Crippen molar-refractivity contribution in [2.75, 3.05) is 0 Å². The zero-order valence-electron chi connectivity index (χ0n) is 16.2. The van der Waals surface area contributed by atoms with Gasteiger partial charge in [0.25, 0.3) is 0 Å². The monoisotopic (exact) mass is 456 g/mol. The number of carbonyl (C=O) groups is 3. The largest absolute Gasteiger partial charge is 0.476 e. The summed E-state index contributed by atoms with van der Waals surface area (Å²) in [5, 5.41) is 19.9. The van der Waals surface area contributed by atoms with Gasteiger partial charge in [0.2, 0.25) is 5.91 Å². The lowest BCUT2D eigenvalue weighted by molar-refractivity contribution is -0.166. The third-order valence-corrected chi connectivity index (χ3v) is 6.93. The predicted octanol–water partition coefficient (Wildman–Crippen LogP) is 2.96. The van der Waals surface area contributed by atoms with Gasteiger partial charge in [0.15, 0.2) is 16.5 Å². The van der Waals surface area contributed by atoms with Crippen LogP contribution in [0.3, 0.4) is 0 Å². The van der Waals surface area contributed by atoms with Crippen molar-refractivity contribution in [2.24, 2.45) is 5.92 Å². The second-order valence-electron chi connectivity index (χ2n) is 6.87. The molecule has 31 heavy (non-hydrogen) atoms. The van der Waals surface area contributed by atoms with E-state index in [1.54, 1.807) is 18.4 Å². The Balaban J connectivity index is 1.46. The molecule has 1 N–H and O–H groups in total. The van der Waals surface area contributed by atoms with Gasteiger partial charge in [-0.25, -0.2) is 4.79 Å². The highest BCUT2D eigenvalue weighted by Gasteiger charge is 2.59. The molecule has 10 heteroatoms. The minimum absolute atomic E-state index is 0.0334. The number of aliphatic carboxylic acids is 1. The number of nitrogens with zero attached hydrogens (tertiary/aromatic N) is 2. The maximum absolute atomic E-state index is 12.7. The van der Waals surface area contributed by atoms with Crippen LogP contribution in [0.25, 0.3) is 0 Å². The first kappa shape index (κ1) is 21.0. The summed E-state index contributed by atoms with van der Waals surface area (Å²) < 4.78 is 11.1. The molecule has 0 bridgehead atoms. The molecule has 0 radical (unpaired) electrons. The first-order valence-corrected chi connectivity index (χ1v) is 11.0. The highest BCUT2D eigenvalue weighted by Crippen LogP contribution is 2.51. The van der Waals surface area contributed by atoms with Gasteiger partial charge in [0, 0.05) is 0 Å². The molecule has 0 aliphatic carbocycles. The Hall–Kier alpha value is -3.29. The van der Waals surface area contributed by atoms with Gasteiger partial charge in [-0.05, 0) is 23.9 Å². The summed E-state index contributed by atoms with van der Waals surface area (Å²) in [6.45, 7) is 1.62. The number of ether oxygens (including phenoxy) is 2. The number of nitriles is 1. The number of hydrogen-bond donors (Lipinski definition) is 1. The molecule has 1 aromatic heterocycles. The first-order valence-electron chi connectivity index (χ1n) is 9.27. The van der Waals surface area contributed by atoms with Crippen molar-refractivity contribution in [2.45, 2.75) is 24.8 Å². The molecule has 2 aromatic rings. The molecule has 1 fully saturated rings. The van der Waals surface area contributed by atoms with Crippen LogP contribution in [0.1, 0.15) is 17.4 Å². The fourth-order valence-corrected chi connectivity index (χ4v) is 5.51. The van der Waals surface area contributed by atoms with Crippen LogP contribution in [-0.2, 0) is 25.5 Å². The summed E-state index contributed by atoms with van der Waals surface area (Å²) >= 11 is 2.24. The summed E-state index contributed by atoms with van der Waals surface area (Å²) in [4.78, 5) is 38.2. The maximum Gasteiger partial charge on any atom is 0.357 e. The van der Waals surface area contributed by atoms with Gasteiger partial charge in [-0.3, -0.25) is 14.5 Å². The molecule has 1 aromatic carbocycles. The Bertz CT molecular complexity index is 1120. The van der Waals surface area contributed by atoms with Crippen LogP contribution >= 0.6 is 23.1 Å². The van der Waals surface area contributed by atoms with Crippen LogP contribution in [0, 0.1) is 17.2 Å². The predicted molar refractivity (Wildman–Crippen MR) is 112 cm³/mol. The van der Waals surface area contributed by atoms with E-state index in [0.29, 0.717) is 4.88 Å². The molecule has 2 aliphatic heterocycles. The Kier molecular flexibility index (Phi) is 5.71. The average Bonchev–Trinajstić information content (AvgIpc) is 3.31. The number of thioether (sulfide) groups is 1. The summed E-state index contributed by atoms with van der Waals surface area (Å²) in [7, 11) is 0.